The summed E-state index contributed by atoms with van der Waals surface area (Å²) in [5.74, 6) is 0.696. The number of benzene rings is 1. The lowest BCUT2D eigenvalue weighted by Gasteiger charge is -2.30. The van der Waals surface area contributed by atoms with Gasteiger partial charge < -0.3 is 0 Å². The van der Waals surface area contributed by atoms with E-state index in [4.69, 9.17) is 0 Å². The molecule has 0 aliphatic carbocycles. The van der Waals surface area contributed by atoms with Crippen molar-refractivity contribution >= 4 is 15.9 Å². The van der Waals surface area contributed by atoms with Gasteiger partial charge in [0, 0.05) is 4.83 Å². The molecule has 0 amide bonds. The van der Waals surface area contributed by atoms with Crippen LogP contribution in [0.4, 0.5) is 0 Å². The van der Waals surface area contributed by atoms with E-state index >= 15 is 0 Å². The van der Waals surface area contributed by atoms with Gasteiger partial charge in [0.05, 0.1) is 0 Å². The van der Waals surface area contributed by atoms with E-state index in [1.807, 2.05) is 0 Å². The van der Waals surface area contributed by atoms with Gasteiger partial charge in [0.2, 0.25) is 0 Å². The second-order valence-electron chi connectivity index (χ2n) is 7.36. The lowest BCUT2D eigenvalue weighted by molar-refractivity contribution is 0.246. The van der Waals surface area contributed by atoms with E-state index in [9.17, 15) is 0 Å². The standard InChI is InChI=1S/C20H33Br/c1-8-15-12-16(9-2)19(17(10-3)13-15)18(21)11-14(4)20(5,6)7/h12-14,18H,8-11H2,1-7H3. The van der Waals surface area contributed by atoms with Crippen LogP contribution in [0, 0.1) is 11.3 Å². The summed E-state index contributed by atoms with van der Waals surface area (Å²) in [5.41, 5.74) is 6.49. The molecule has 0 spiro atoms. The van der Waals surface area contributed by atoms with Crippen LogP contribution in [0.15, 0.2) is 12.1 Å². The van der Waals surface area contributed by atoms with Gasteiger partial charge in [-0.2, -0.15) is 0 Å². The molecule has 120 valence electrons. The quantitative estimate of drug-likeness (QED) is 0.489. The molecule has 0 bridgehead atoms. The number of hydrogen-bond donors (Lipinski definition) is 0. The molecule has 0 fully saturated rings. The Morgan fingerprint density at radius 1 is 0.952 bits per heavy atom. The minimum Gasteiger partial charge on any atom is -0.0838 e. The molecular weight excluding hydrogens is 320 g/mol. The Morgan fingerprint density at radius 3 is 1.76 bits per heavy atom. The zero-order chi connectivity index (χ0) is 16.2. The summed E-state index contributed by atoms with van der Waals surface area (Å²) >= 11 is 4.01. The molecule has 0 N–H and O–H groups in total. The Bertz CT molecular complexity index is 428. The first kappa shape index (κ1) is 18.7. The second kappa shape index (κ2) is 7.81. The van der Waals surface area contributed by atoms with Gasteiger partial charge in [-0.15, -0.1) is 0 Å². The van der Waals surface area contributed by atoms with E-state index in [1.165, 1.54) is 23.1 Å². The minimum atomic E-state index is 0.369. The molecule has 0 aliphatic heterocycles. The molecular formula is C20H33Br. The highest BCUT2D eigenvalue weighted by Gasteiger charge is 2.25. The molecule has 1 aromatic carbocycles. The van der Waals surface area contributed by atoms with Crippen molar-refractivity contribution in [2.75, 3.05) is 0 Å². The molecule has 0 saturated heterocycles. The molecule has 0 saturated carbocycles. The zero-order valence-electron chi connectivity index (χ0n) is 15.0. The summed E-state index contributed by atoms with van der Waals surface area (Å²) in [6.07, 6.45) is 4.59. The third-order valence-electron chi connectivity index (χ3n) is 4.93. The summed E-state index contributed by atoms with van der Waals surface area (Å²) in [5, 5.41) is 0. The van der Waals surface area contributed by atoms with Crippen molar-refractivity contribution in [1.82, 2.24) is 0 Å². The fraction of sp³-hybridized carbons (Fsp3) is 0.700. The van der Waals surface area contributed by atoms with E-state index in [-0.39, 0.29) is 0 Å². The maximum atomic E-state index is 4.01. The second-order valence-corrected chi connectivity index (χ2v) is 8.46. The maximum Gasteiger partial charge on any atom is 0.0403 e. The van der Waals surface area contributed by atoms with Crippen LogP contribution in [0.25, 0.3) is 0 Å². The predicted molar refractivity (Wildman–Crippen MR) is 99.5 cm³/mol. The molecule has 0 aliphatic rings. The van der Waals surface area contributed by atoms with Crippen LogP contribution in [-0.4, -0.2) is 0 Å². The Hall–Kier alpha value is -0.300. The molecule has 0 nitrogen and oxygen atoms in total. The van der Waals surface area contributed by atoms with Crippen LogP contribution >= 0.6 is 15.9 Å². The average molecular weight is 353 g/mol. The van der Waals surface area contributed by atoms with E-state index in [0.717, 1.165) is 19.3 Å². The molecule has 1 aromatic rings. The van der Waals surface area contributed by atoms with E-state index in [0.29, 0.717) is 16.2 Å². The lowest BCUT2D eigenvalue weighted by atomic mass is 9.78. The van der Waals surface area contributed by atoms with Gasteiger partial charge in [0.15, 0.2) is 0 Å². The Labute approximate surface area is 140 Å². The average Bonchev–Trinajstić information content (AvgIpc) is 2.44. The summed E-state index contributed by atoms with van der Waals surface area (Å²) in [7, 11) is 0. The summed E-state index contributed by atoms with van der Waals surface area (Å²) < 4.78 is 0. The van der Waals surface area contributed by atoms with Crippen LogP contribution in [0.5, 0.6) is 0 Å². The Morgan fingerprint density at radius 2 is 1.43 bits per heavy atom. The highest BCUT2D eigenvalue weighted by Crippen LogP contribution is 2.40. The fourth-order valence-electron chi connectivity index (χ4n) is 2.82. The smallest absolute Gasteiger partial charge is 0.0403 e. The summed E-state index contributed by atoms with van der Waals surface area (Å²) in [6, 6.07) is 4.84. The van der Waals surface area contributed by atoms with E-state index in [1.54, 1.807) is 5.56 Å². The van der Waals surface area contributed by atoms with Gasteiger partial charge in [0.1, 0.15) is 0 Å². The number of aryl methyl sites for hydroxylation is 3. The first-order chi connectivity index (χ1) is 9.74. The molecule has 0 heterocycles. The molecule has 0 aromatic heterocycles. The number of hydrogen-bond acceptors (Lipinski definition) is 0. The monoisotopic (exact) mass is 352 g/mol. The van der Waals surface area contributed by atoms with Crippen LogP contribution < -0.4 is 0 Å². The number of rotatable bonds is 6. The molecule has 21 heavy (non-hydrogen) atoms. The van der Waals surface area contributed by atoms with Crippen molar-refractivity contribution in [3.05, 3.63) is 34.4 Å². The van der Waals surface area contributed by atoms with Gasteiger partial charge in [-0.1, -0.05) is 76.5 Å². The number of alkyl halides is 1. The van der Waals surface area contributed by atoms with Crippen LogP contribution in [0.1, 0.15) is 82.0 Å². The van der Waals surface area contributed by atoms with E-state index in [2.05, 4.69) is 76.5 Å². The van der Waals surface area contributed by atoms with E-state index < -0.39 is 0 Å². The highest BCUT2D eigenvalue weighted by molar-refractivity contribution is 9.09. The minimum absolute atomic E-state index is 0.369. The van der Waals surface area contributed by atoms with Gasteiger partial charge in [-0.25, -0.2) is 0 Å². The third-order valence-corrected chi connectivity index (χ3v) is 5.76. The van der Waals surface area contributed by atoms with Crippen LogP contribution in [0.2, 0.25) is 0 Å². The molecule has 0 radical (unpaired) electrons. The molecule has 1 rings (SSSR count). The first-order valence-corrected chi connectivity index (χ1v) is 9.44. The SMILES string of the molecule is CCc1cc(CC)c(C(Br)CC(C)C(C)(C)C)c(CC)c1. The van der Waals surface area contributed by atoms with Crippen molar-refractivity contribution in [2.24, 2.45) is 11.3 Å². The largest absolute Gasteiger partial charge is 0.0838 e. The zero-order valence-corrected chi connectivity index (χ0v) is 16.6. The van der Waals surface area contributed by atoms with Crippen molar-refractivity contribution in [3.63, 3.8) is 0 Å². The molecule has 1 heteroatoms. The van der Waals surface area contributed by atoms with Crippen molar-refractivity contribution in [3.8, 4) is 0 Å². The molecule has 2 unspecified atom stereocenters. The fourth-order valence-corrected chi connectivity index (χ4v) is 3.97. The first-order valence-electron chi connectivity index (χ1n) is 8.53. The normalized spacial score (nSPS) is 15.0. The van der Waals surface area contributed by atoms with Crippen LogP contribution in [0.3, 0.4) is 0 Å². The van der Waals surface area contributed by atoms with Gasteiger partial charge in [0.25, 0.3) is 0 Å². The maximum absolute atomic E-state index is 4.01. The highest BCUT2D eigenvalue weighted by atomic mass is 79.9. The van der Waals surface area contributed by atoms with Crippen molar-refractivity contribution in [1.29, 1.82) is 0 Å². The van der Waals surface area contributed by atoms with Crippen LogP contribution in [-0.2, 0) is 19.3 Å². The Balaban J connectivity index is 3.15. The topological polar surface area (TPSA) is 0 Å². The number of halogens is 1. The van der Waals surface area contributed by atoms with Crippen molar-refractivity contribution < 1.29 is 0 Å². The summed E-state index contributed by atoms with van der Waals surface area (Å²) in [6.45, 7) is 16.2. The lowest BCUT2D eigenvalue weighted by Crippen LogP contribution is -2.19. The Kier molecular flexibility index (Phi) is 6.97. The van der Waals surface area contributed by atoms with Gasteiger partial charge >= 0.3 is 0 Å². The van der Waals surface area contributed by atoms with Crippen molar-refractivity contribution in [2.45, 2.75) is 79.0 Å². The molecule has 2 atom stereocenters. The third kappa shape index (κ3) is 4.84. The summed E-state index contributed by atoms with van der Waals surface area (Å²) in [4.78, 5) is 0.475. The van der Waals surface area contributed by atoms with Gasteiger partial charge in [-0.05, 0) is 59.3 Å². The van der Waals surface area contributed by atoms with Gasteiger partial charge in [-0.3, -0.25) is 0 Å². The predicted octanol–water partition coefficient (Wildman–Crippen LogP) is 6.88.